The SMILES string of the molecule is C=CC(=O)N1CCN(c2nc(OCC3CCCN3C)nc3nc(-c4cncc5cccc(Cl)c45)ccc23)CC1CC#N. The molecule has 1 aromatic carbocycles. The number of hydrogen-bond donors (Lipinski definition) is 0. The van der Waals surface area contributed by atoms with E-state index in [4.69, 9.17) is 31.3 Å². The molecule has 2 unspecified atom stereocenters. The summed E-state index contributed by atoms with van der Waals surface area (Å²) in [6.45, 7) is 6.55. The van der Waals surface area contributed by atoms with Crippen molar-refractivity contribution in [2.45, 2.75) is 31.3 Å². The van der Waals surface area contributed by atoms with Gasteiger partial charge < -0.3 is 19.4 Å². The van der Waals surface area contributed by atoms with Gasteiger partial charge in [-0.15, -0.1) is 0 Å². The van der Waals surface area contributed by atoms with Crippen LogP contribution in [-0.2, 0) is 4.79 Å². The first kappa shape index (κ1) is 27.8. The lowest BCUT2D eigenvalue weighted by Gasteiger charge is -2.41. The Balaban J connectivity index is 1.42. The Morgan fingerprint density at radius 3 is 2.83 bits per heavy atom. The van der Waals surface area contributed by atoms with Gasteiger partial charge in [0.15, 0.2) is 5.65 Å². The number of aromatic nitrogens is 4. The van der Waals surface area contributed by atoms with Crippen LogP contribution in [-0.4, -0.2) is 87.6 Å². The number of rotatable bonds is 7. The van der Waals surface area contributed by atoms with Crippen molar-refractivity contribution in [1.82, 2.24) is 29.7 Å². The van der Waals surface area contributed by atoms with Gasteiger partial charge in [0.25, 0.3) is 0 Å². The molecule has 5 heterocycles. The van der Waals surface area contributed by atoms with Crippen molar-refractivity contribution in [2.24, 2.45) is 0 Å². The quantitative estimate of drug-likeness (QED) is 0.291. The van der Waals surface area contributed by atoms with Crippen LogP contribution in [0.4, 0.5) is 5.82 Å². The minimum atomic E-state index is -0.299. The van der Waals surface area contributed by atoms with Crippen molar-refractivity contribution >= 4 is 45.1 Å². The van der Waals surface area contributed by atoms with Gasteiger partial charge in [-0.3, -0.25) is 9.78 Å². The summed E-state index contributed by atoms with van der Waals surface area (Å²) in [6.07, 6.45) is 7.24. The fraction of sp³-hybridized carbons (Fsp3) is 0.355. The first-order valence-corrected chi connectivity index (χ1v) is 14.4. The van der Waals surface area contributed by atoms with Crippen LogP contribution in [0.25, 0.3) is 33.1 Å². The zero-order valence-electron chi connectivity index (χ0n) is 23.4. The van der Waals surface area contributed by atoms with Crippen molar-refractivity contribution in [3.05, 3.63) is 60.4 Å². The number of halogens is 1. The molecule has 0 N–H and O–H groups in total. The third-order valence-corrected chi connectivity index (χ3v) is 8.49. The highest BCUT2D eigenvalue weighted by Gasteiger charge is 2.31. The lowest BCUT2D eigenvalue weighted by Crippen LogP contribution is -2.55. The summed E-state index contributed by atoms with van der Waals surface area (Å²) >= 11 is 6.61. The number of anilines is 1. The van der Waals surface area contributed by atoms with Crippen LogP contribution < -0.4 is 9.64 Å². The van der Waals surface area contributed by atoms with Gasteiger partial charge in [-0.25, -0.2) is 4.98 Å². The van der Waals surface area contributed by atoms with E-state index in [0.29, 0.717) is 54.5 Å². The molecule has 0 spiro atoms. The topological polar surface area (TPSA) is 111 Å². The molecular weight excluding hydrogens is 552 g/mol. The van der Waals surface area contributed by atoms with E-state index in [-0.39, 0.29) is 24.4 Å². The first-order chi connectivity index (χ1) is 20.5. The Morgan fingerprint density at radius 1 is 1.17 bits per heavy atom. The summed E-state index contributed by atoms with van der Waals surface area (Å²) in [5.74, 6) is 0.484. The van der Waals surface area contributed by atoms with E-state index in [9.17, 15) is 10.1 Å². The molecule has 42 heavy (non-hydrogen) atoms. The molecule has 0 saturated carbocycles. The maximum atomic E-state index is 12.5. The molecule has 2 aliphatic heterocycles. The van der Waals surface area contributed by atoms with Crippen LogP contribution in [0.3, 0.4) is 0 Å². The number of nitrogens with zero attached hydrogens (tertiary/aromatic N) is 8. The van der Waals surface area contributed by atoms with E-state index in [1.807, 2.05) is 30.3 Å². The van der Waals surface area contributed by atoms with Crippen LogP contribution in [0.5, 0.6) is 6.01 Å². The predicted molar refractivity (Wildman–Crippen MR) is 162 cm³/mol. The number of likely N-dealkylation sites (N-methyl/N-ethyl adjacent to an activating group) is 1. The number of benzene rings is 1. The standard InChI is InChI=1S/C31H31ClN8O2/c1-3-27(41)40-15-14-39(18-21(40)11-12-33)30-23-9-10-26(24-17-34-16-20-6-4-8-25(32)28(20)24)35-29(23)36-31(37-30)42-19-22-7-5-13-38(22)2/h3-4,6,8-10,16-17,21-22H,1,5,7,11,13-15,18-19H2,2H3. The second kappa shape index (κ2) is 11.9. The number of hydrogen-bond acceptors (Lipinski definition) is 9. The molecule has 0 radical (unpaired) electrons. The molecule has 10 nitrogen and oxygen atoms in total. The summed E-state index contributed by atoms with van der Waals surface area (Å²) in [7, 11) is 2.10. The number of nitriles is 1. The van der Waals surface area contributed by atoms with Gasteiger partial charge in [-0.1, -0.05) is 30.3 Å². The highest BCUT2D eigenvalue weighted by Crippen LogP contribution is 2.35. The van der Waals surface area contributed by atoms with E-state index in [1.54, 1.807) is 17.3 Å². The van der Waals surface area contributed by atoms with Gasteiger partial charge in [0.2, 0.25) is 5.91 Å². The Bertz CT molecular complexity index is 1700. The zero-order chi connectivity index (χ0) is 29.2. The molecule has 214 valence electrons. The van der Waals surface area contributed by atoms with Crippen molar-refractivity contribution in [3.8, 4) is 23.3 Å². The van der Waals surface area contributed by atoms with Crippen LogP contribution >= 0.6 is 11.6 Å². The molecule has 1 amide bonds. The van der Waals surface area contributed by atoms with Gasteiger partial charge in [-0.05, 0) is 50.7 Å². The highest BCUT2D eigenvalue weighted by molar-refractivity contribution is 6.36. The lowest BCUT2D eigenvalue weighted by atomic mass is 10.0. The number of carbonyl (C=O) groups excluding carboxylic acids is 1. The first-order valence-electron chi connectivity index (χ1n) is 14.1. The van der Waals surface area contributed by atoms with Gasteiger partial charge >= 0.3 is 6.01 Å². The maximum Gasteiger partial charge on any atom is 0.320 e. The number of likely N-dealkylation sites (tertiary alicyclic amines) is 1. The molecule has 0 aliphatic carbocycles. The van der Waals surface area contributed by atoms with Gasteiger partial charge in [0.05, 0.1) is 29.6 Å². The molecule has 2 aliphatic rings. The fourth-order valence-corrected chi connectivity index (χ4v) is 6.19. The van der Waals surface area contributed by atoms with Crippen LogP contribution in [0.2, 0.25) is 5.02 Å². The van der Waals surface area contributed by atoms with E-state index < -0.39 is 0 Å². The van der Waals surface area contributed by atoms with E-state index >= 15 is 0 Å². The number of ether oxygens (including phenoxy) is 1. The number of fused-ring (bicyclic) bond motifs is 2. The number of carbonyl (C=O) groups is 1. The molecule has 0 bridgehead atoms. The maximum absolute atomic E-state index is 12.5. The average Bonchev–Trinajstić information content (AvgIpc) is 3.43. The average molecular weight is 583 g/mol. The number of amides is 1. The molecule has 2 fully saturated rings. The lowest BCUT2D eigenvalue weighted by molar-refractivity contribution is -0.128. The molecule has 2 atom stereocenters. The second-order valence-electron chi connectivity index (χ2n) is 10.7. The Labute approximate surface area is 249 Å². The number of piperazine rings is 1. The minimum absolute atomic E-state index is 0.180. The summed E-state index contributed by atoms with van der Waals surface area (Å²) in [6, 6.07) is 12.1. The molecule has 6 rings (SSSR count). The Morgan fingerprint density at radius 2 is 2.05 bits per heavy atom. The Kier molecular flexibility index (Phi) is 7.87. The molecule has 11 heteroatoms. The molecule has 3 aromatic heterocycles. The van der Waals surface area contributed by atoms with Crippen molar-refractivity contribution in [3.63, 3.8) is 0 Å². The molecule has 4 aromatic rings. The molecule has 2 saturated heterocycles. The number of pyridine rings is 2. The van der Waals surface area contributed by atoms with E-state index in [1.165, 1.54) is 6.08 Å². The van der Waals surface area contributed by atoms with Crippen molar-refractivity contribution in [1.29, 1.82) is 5.26 Å². The molecular formula is C31H31ClN8O2. The normalized spacial score (nSPS) is 19.3. The third kappa shape index (κ3) is 5.33. The largest absolute Gasteiger partial charge is 0.462 e. The van der Waals surface area contributed by atoms with Crippen molar-refractivity contribution in [2.75, 3.05) is 44.7 Å². The third-order valence-electron chi connectivity index (χ3n) is 8.17. The zero-order valence-corrected chi connectivity index (χ0v) is 24.2. The summed E-state index contributed by atoms with van der Waals surface area (Å²) < 4.78 is 6.19. The van der Waals surface area contributed by atoms with Crippen LogP contribution in [0.1, 0.15) is 19.3 Å². The van der Waals surface area contributed by atoms with Crippen LogP contribution in [0.15, 0.2) is 55.4 Å². The van der Waals surface area contributed by atoms with E-state index in [0.717, 1.165) is 41.1 Å². The fourth-order valence-electron chi connectivity index (χ4n) is 5.91. The summed E-state index contributed by atoms with van der Waals surface area (Å²) in [5.41, 5.74) is 1.97. The monoisotopic (exact) mass is 582 g/mol. The van der Waals surface area contributed by atoms with Crippen molar-refractivity contribution < 1.29 is 9.53 Å². The summed E-state index contributed by atoms with van der Waals surface area (Å²) in [4.78, 5) is 37.6. The van der Waals surface area contributed by atoms with Gasteiger partial charge in [0, 0.05) is 59.4 Å². The minimum Gasteiger partial charge on any atom is -0.462 e. The second-order valence-corrected chi connectivity index (χ2v) is 11.1. The highest BCUT2D eigenvalue weighted by atomic mass is 35.5. The van der Waals surface area contributed by atoms with E-state index in [2.05, 4.69) is 34.5 Å². The van der Waals surface area contributed by atoms with Gasteiger partial charge in [-0.2, -0.15) is 15.2 Å². The smallest absolute Gasteiger partial charge is 0.320 e. The van der Waals surface area contributed by atoms with Crippen LogP contribution in [0, 0.1) is 11.3 Å². The Hall–Kier alpha value is -4.33. The van der Waals surface area contributed by atoms with Gasteiger partial charge in [0.1, 0.15) is 12.4 Å². The predicted octanol–water partition coefficient (Wildman–Crippen LogP) is 4.48. The summed E-state index contributed by atoms with van der Waals surface area (Å²) in [5, 5.41) is 12.7.